The summed E-state index contributed by atoms with van der Waals surface area (Å²) in [6, 6.07) is 8.02. The van der Waals surface area contributed by atoms with Gasteiger partial charge in [0.1, 0.15) is 30.5 Å². The van der Waals surface area contributed by atoms with E-state index in [4.69, 9.17) is 9.47 Å². The number of nitrogens with zero attached hydrogens (tertiary/aromatic N) is 2. The summed E-state index contributed by atoms with van der Waals surface area (Å²) >= 11 is 0. The van der Waals surface area contributed by atoms with Gasteiger partial charge in [-0.1, -0.05) is 67.5 Å². The summed E-state index contributed by atoms with van der Waals surface area (Å²) in [6.07, 6.45) is 0. The number of rotatable bonds is 4. The summed E-state index contributed by atoms with van der Waals surface area (Å²) in [7, 11) is 0. The smallest absolute Gasteiger partial charge is 0.224 e. The second kappa shape index (κ2) is 10.6. The maximum Gasteiger partial charge on any atom is 0.224 e. The lowest BCUT2D eigenvalue weighted by atomic mass is 9.79. The molecule has 216 valence electrons. The Morgan fingerprint density at radius 3 is 1.32 bits per heavy atom. The Balaban J connectivity index is 1.79. The molecule has 2 heterocycles. The Morgan fingerprint density at radius 2 is 1.02 bits per heavy atom. The molecule has 0 spiro atoms. The van der Waals surface area contributed by atoms with Gasteiger partial charge in [-0.2, -0.15) is 0 Å². The number of ketones is 1. The molecule has 0 bridgehead atoms. The van der Waals surface area contributed by atoms with Gasteiger partial charge < -0.3 is 19.3 Å². The molecule has 40 heavy (non-hydrogen) atoms. The maximum atomic E-state index is 14.1. The molecule has 0 aromatic heterocycles. The fourth-order valence-corrected chi connectivity index (χ4v) is 5.67. The number of Topliss-reactive ketones (excluding diaryl/α,β-unsaturated/α-hetero) is 1. The Hall–Kier alpha value is -3.35. The number of carbonyl (C=O) groups is 3. The number of fused-ring (bicyclic) bond motifs is 2. The topological polar surface area (TPSA) is 76.2 Å². The number of anilines is 2. The molecule has 7 nitrogen and oxygen atoms in total. The first kappa shape index (κ1) is 29.6. The Morgan fingerprint density at radius 1 is 0.675 bits per heavy atom. The van der Waals surface area contributed by atoms with E-state index < -0.39 is 11.8 Å². The minimum atomic E-state index is -0.425. The van der Waals surface area contributed by atoms with Gasteiger partial charge >= 0.3 is 0 Å². The van der Waals surface area contributed by atoms with E-state index in [1.807, 2.05) is 26.0 Å². The summed E-state index contributed by atoms with van der Waals surface area (Å²) in [6.45, 7) is 21.5. The zero-order valence-corrected chi connectivity index (χ0v) is 25.7. The number of hydrogen-bond donors (Lipinski definition) is 0. The highest BCUT2D eigenvalue weighted by Gasteiger charge is 2.34. The van der Waals surface area contributed by atoms with E-state index in [2.05, 4.69) is 53.7 Å². The van der Waals surface area contributed by atoms with Crippen LogP contribution >= 0.6 is 0 Å². The third-order valence-corrected chi connectivity index (χ3v) is 8.12. The number of hydrogen-bond acceptors (Lipinski definition) is 5. The van der Waals surface area contributed by atoms with Gasteiger partial charge in [0, 0.05) is 36.8 Å². The van der Waals surface area contributed by atoms with E-state index in [1.165, 1.54) is 0 Å². The molecule has 2 aliphatic rings. The fraction of sp³-hybridized carbons (Fsp3) is 0.545. The predicted octanol–water partition coefficient (Wildman–Crippen LogP) is 6.25. The van der Waals surface area contributed by atoms with Crippen molar-refractivity contribution in [1.29, 1.82) is 0 Å². The molecule has 0 N–H and O–H groups in total. The minimum Gasteiger partial charge on any atom is -0.489 e. The number of ether oxygens (including phenoxy) is 2. The zero-order valence-electron chi connectivity index (χ0n) is 25.7. The monoisotopic (exact) mass is 548 g/mol. The van der Waals surface area contributed by atoms with Crippen LogP contribution in [0.15, 0.2) is 24.3 Å². The van der Waals surface area contributed by atoms with Crippen molar-refractivity contribution in [1.82, 2.24) is 0 Å². The van der Waals surface area contributed by atoms with Crippen molar-refractivity contribution in [2.24, 2.45) is 0 Å². The van der Waals surface area contributed by atoms with E-state index in [0.717, 1.165) is 45.1 Å². The zero-order chi connectivity index (χ0) is 29.7. The molecule has 7 heteroatoms. The first-order valence-electron chi connectivity index (χ1n) is 14.2. The lowest BCUT2D eigenvalue weighted by molar-refractivity contribution is -0.121. The third kappa shape index (κ3) is 5.48. The third-order valence-electron chi connectivity index (χ3n) is 8.12. The van der Waals surface area contributed by atoms with Crippen molar-refractivity contribution < 1.29 is 23.9 Å². The summed E-state index contributed by atoms with van der Waals surface area (Å²) in [5.74, 6) is 0.568. The second-order valence-electron chi connectivity index (χ2n) is 13.2. The summed E-state index contributed by atoms with van der Waals surface area (Å²) in [5.41, 5.74) is 4.65. The SMILES string of the molecule is CC(=O)N1CCOc2c1cc(C(C)C(=O)C(C)c1cc3c(c(C(C)(C)C)c1)OCCN3C(C)=O)cc2C(C)(C)C. The highest BCUT2D eigenvalue weighted by Crippen LogP contribution is 2.46. The molecule has 2 amide bonds. The van der Waals surface area contributed by atoms with Crippen molar-refractivity contribution >= 4 is 29.0 Å². The van der Waals surface area contributed by atoms with Gasteiger partial charge in [-0.15, -0.1) is 0 Å². The summed E-state index contributed by atoms with van der Waals surface area (Å²) in [5, 5.41) is 0. The van der Waals surface area contributed by atoms with Crippen LogP contribution in [0.25, 0.3) is 0 Å². The Labute approximate surface area is 238 Å². The van der Waals surface area contributed by atoms with Crippen molar-refractivity contribution in [3.63, 3.8) is 0 Å². The molecule has 2 aromatic rings. The summed E-state index contributed by atoms with van der Waals surface area (Å²) < 4.78 is 12.2. The largest absolute Gasteiger partial charge is 0.489 e. The Bertz CT molecular complexity index is 1250. The van der Waals surface area contributed by atoms with Crippen LogP contribution in [0.1, 0.15) is 103 Å². The van der Waals surface area contributed by atoms with Gasteiger partial charge in [0.25, 0.3) is 0 Å². The van der Waals surface area contributed by atoms with Crippen LogP contribution in [0.5, 0.6) is 11.5 Å². The van der Waals surface area contributed by atoms with E-state index in [9.17, 15) is 14.4 Å². The molecule has 0 saturated carbocycles. The lowest BCUT2D eigenvalue weighted by Crippen LogP contribution is -2.37. The van der Waals surface area contributed by atoms with E-state index in [1.54, 1.807) is 23.6 Å². The quantitative estimate of drug-likeness (QED) is 0.452. The first-order chi connectivity index (χ1) is 18.5. The first-order valence-corrected chi connectivity index (χ1v) is 14.2. The molecule has 0 radical (unpaired) electrons. The van der Waals surface area contributed by atoms with Crippen molar-refractivity contribution in [2.75, 3.05) is 36.1 Å². The number of amides is 2. The molecule has 2 aliphatic heterocycles. The fourth-order valence-electron chi connectivity index (χ4n) is 5.67. The van der Waals surface area contributed by atoms with Crippen LogP contribution in [-0.2, 0) is 25.2 Å². The summed E-state index contributed by atoms with van der Waals surface area (Å²) in [4.78, 5) is 42.6. The molecule has 2 atom stereocenters. The molecule has 0 aliphatic carbocycles. The Kier molecular flexibility index (Phi) is 7.83. The van der Waals surface area contributed by atoms with E-state index in [0.29, 0.717) is 26.3 Å². The highest BCUT2D eigenvalue weighted by molar-refractivity contribution is 5.97. The van der Waals surface area contributed by atoms with Crippen LogP contribution in [0.2, 0.25) is 0 Å². The molecular weight excluding hydrogens is 504 g/mol. The van der Waals surface area contributed by atoms with Crippen molar-refractivity contribution in [2.45, 2.75) is 91.9 Å². The van der Waals surface area contributed by atoms with Gasteiger partial charge in [-0.3, -0.25) is 14.4 Å². The predicted molar refractivity (Wildman–Crippen MR) is 159 cm³/mol. The maximum absolute atomic E-state index is 14.1. The van der Waals surface area contributed by atoms with Crippen LogP contribution in [0, 0.1) is 0 Å². The van der Waals surface area contributed by atoms with E-state index >= 15 is 0 Å². The van der Waals surface area contributed by atoms with Gasteiger partial charge in [0.2, 0.25) is 11.8 Å². The van der Waals surface area contributed by atoms with Crippen molar-refractivity contribution in [3.8, 4) is 11.5 Å². The van der Waals surface area contributed by atoms with Crippen LogP contribution in [-0.4, -0.2) is 43.9 Å². The van der Waals surface area contributed by atoms with Crippen LogP contribution in [0.4, 0.5) is 11.4 Å². The van der Waals surface area contributed by atoms with Gasteiger partial charge in [-0.25, -0.2) is 0 Å². The van der Waals surface area contributed by atoms with E-state index in [-0.39, 0.29) is 28.4 Å². The van der Waals surface area contributed by atoms with Gasteiger partial charge in [-0.05, 0) is 34.1 Å². The highest BCUT2D eigenvalue weighted by atomic mass is 16.5. The molecule has 2 aromatic carbocycles. The molecule has 4 rings (SSSR count). The van der Waals surface area contributed by atoms with Gasteiger partial charge in [0.05, 0.1) is 24.5 Å². The normalized spacial score (nSPS) is 16.8. The number of carbonyl (C=O) groups excluding carboxylic acids is 3. The second-order valence-corrected chi connectivity index (χ2v) is 13.2. The number of benzene rings is 2. The lowest BCUT2D eigenvalue weighted by Gasteiger charge is -2.35. The molecular formula is C33H44N2O5. The van der Waals surface area contributed by atoms with Crippen LogP contribution in [0.3, 0.4) is 0 Å². The van der Waals surface area contributed by atoms with Gasteiger partial charge in [0.15, 0.2) is 0 Å². The van der Waals surface area contributed by atoms with Crippen LogP contribution < -0.4 is 19.3 Å². The molecule has 2 unspecified atom stereocenters. The molecule has 0 saturated heterocycles. The minimum absolute atomic E-state index is 0.0464. The average molecular weight is 549 g/mol. The average Bonchev–Trinajstić information content (AvgIpc) is 2.88. The molecule has 0 fully saturated rings. The standard InChI is InChI=1S/C33H44N2O5/c1-19(23-15-25(32(5,6)7)30-27(17-23)34(21(3)36)11-13-39-30)29(38)20(2)24-16-26(33(8,9)10)31-28(18-24)35(22(4)37)12-14-40-31/h15-20H,11-14H2,1-10H3. The van der Waals surface area contributed by atoms with Crippen molar-refractivity contribution in [3.05, 3.63) is 46.5 Å².